The fourth-order valence-corrected chi connectivity index (χ4v) is 2.70. The zero-order valence-corrected chi connectivity index (χ0v) is 12.1. The van der Waals surface area contributed by atoms with Crippen molar-refractivity contribution in [2.45, 2.75) is 6.92 Å². The Morgan fingerprint density at radius 2 is 1.95 bits per heavy atom. The Morgan fingerprint density at radius 3 is 2.63 bits per heavy atom. The summed E-state index contributed by atoms with van der Waals surface area (Å²) in [5, 5.41) is 9.76. The molecule has 0 aliphatic rings. The van der Waals surface area contributed by atoms with Gasteiger partial charge in [-0.25, -0.2) is 4.39 Å². The van der Waals surface area contributed by atoms with Crippen molar-refractivity contribution in [3.63, 3.8) is 0 Å². The van der Waals surface area contributed by atoms with Gasteiger partial charge in [-0.05, 0) is 52.6 Å². The van der Waals surface area contributed by atoms with Gasteiger partial charge >= 0.3 is 0 Å². The van der Waals surface area contributed by atoms with E-state index in [0.29, 0.717) is 15.9 Å². The predicted molar refractivity (Wildman–Crippen MR) is 73.2 cm³/mol. The van der Waals surface area contributed by atoms with Crippen LogP contribution >= 0.6 is 27.5 Å². The predicted octanol–water partition coefficient (Wildman–Crippen LogP) is 4.07. The van der Waals surface area contributed by atoms with E-state index in [1.54, 1.807) is 6.07 Å². The first-order valence-electron chi connectivity index (χ1n) is 5.35. The summed E-state index contributed by atoms with van der Waals surface area (Å²) >= 11 is 4.66. The summed E-state index contributed by atoms with van der Waals surface area (Å²) in [7, 11) is 0. The molecule has 0 atom stereocenters. The minimum atomic E-state index is -0.355. The standard InChI is InChI=1S/C12H7BrFN3OS/c1-6-9(5-19-17-6)12-16-15-11(18-12)8-4-7(14)2-3-10(8)13/h2-5H,1H3. The Kier molecular flexibility index (Phi) is 3.16. The number of aromatic nitrogens is 3. The molecule has 0 bridgehead atoms. The molecule has 7 heteroatoms. The average molecular weight is 340 g/mol. The molecule has 0 N–H and O–H groups in total. The maximum atomic E-state index is 13.3. The third kappa shape index (κ3) is 2.31. The first-order valence-corrected chi connectivity index (χ1v) is 6.98. The third-order valence-corrected chi connectivity index (χ3v) is 3.98. The van der Waals surface area contributed by atoms with Crippen LogP contribution in [0.4, 0.5) is 4.39 Å². The topological polar surface area (TPSA) is 51.8 Å². The lowest BCUT2D eigenvalue weighted by Crippen LogP contribution is -1.82. The fraction of sp³-hybridized carbons (Fsp3) is 0.0833. The molecule has 0 aliphatic heterocycles. The van der Waals surface area contributed by atoms with Gasteiger partial charge in [0.05, 0.1) is 16.8 Å². The molecule has 0 radical (unpaired) electrons. The van der Waals surface area contributed by atoms with Crippen LogP contribution in [0.25, 0.3) is 22.9 Å². The molecule has 96 valence electrons. The summed E-state index contributed by atoms with van der Waals surface area (Å²) < 4.78 is 23.7. The van der Waals surface area contributed by atoms with E-state index in [-0.39, 0.29) is 11.7 Å². The van der Waals surface area contributed by atoms with Gasteiger partial charge in [0.2, 0.25) is 5.89 Å². The summed E-state index contributed by atoms with van der Waals surface area (Å²) in [4.78, 5) is 0. The molecular weight excluding hydrogens is 333 g/mol. The lowest BCUT2D eigenvalue weighted by Gasteiger charge is -1.98. The van der Waals surface area contributed by atoms with Gasteiger partial charge in [-0.1, -0.05) is 0 Å². The average Bonchev–Trinajstić information content (AvgIpc) is 3.00. The van der Waals surface area contributed by atoms with Crippen molar-refractivity contribution in [2.75, 3.05) is 0 Å². The maximum absolute atomic E-state index is 13.3. The number of benzene rings is 1. The van der Waals surface area contributed by atoms with Crippen molar-refractivity contribution in [3.05, 3.63) is 39.6 Å². The molecule has 0 fully saturated rings. The molecule has 19 heavy (non-hydrogen) atoms. The largest absolute Gasteiger partial charge is 0.416 e. The molecule has 0 unspecified atom stereocenters. The summed E-state index contributed by atoms with van der Waals surface area (Å²) in [5.41, 5.74) is 2.16. The first kappa shape index (κ1) is 12.4. The van der Waals surface area contributed by atoms with E-state index in [1.165, 1.54) is 23.7 Å². The van der Waals surface area contributed by atoms with Crippen molar-refractivity contribution in [1.82, 2.24) is 14.6 Å². The molecule has 1 aromatic carbocycles. The van der Waals surface area contributed by atoms with Gasteiger partial charge in [-0.2, -0.15) is 4.37 Å². The SMILES string of the molecule is Cc1nscc1-c1nnc(-c2cc(F)ccc2Br)o1. The molecule has 0 aliphatic carbocycles. The highest BCUT2D eigenvalue weighted by molar-refractivity contribution is 9.10. The zero-order valence-electron chi connectivity index (χ0n) is 9.72. The minimum Gasteiger partial charge on any atom is -0.416 e. The Hall–Kier alpha value is -1.60. The highest BCUT2D eigenvalue weighted by Crippen LogP contribution is 2.31. The number of rotatable bonds is 2. The van der Waals surface area contributed by atoms with E-state index in [0.717, 1.165) is 11.3 Å². The summed E-state index contributed by atoms with van der Waals surface area (Å²) in [6, 6.07) is 4.31. The summed E-state index contributed by atoms with van der Waals surface area (Å²) in [6.07, 6.45) is 0. The van der Waals surface area contributed by atoms with Crippen molar-refractivity contribution >= 4 is 27.5 Å². The van der Waals surface area contributed by atoms with Gasteiger partial charge in [-0.3, -0.25) is 0 Å². The Balaban J connectivity index is 2.06. The molecule has 3 rings (SSSR count). The fourth-order valence-electron chi connectivity index (χ4n) is 1.60. The van der Waals surface area contributed by atoms with E-state index in [4.69, 9.17) is 4.42 Å². The molecule has 0 saturated heterocycles. The molecular formula is C12H7BrFN3OS. The Morgan fingerprint density at radius 1 is 1.21 bits per heavy atom. The third-order valence-electron chi connectivity index (χ3n) is 2.56. The van der Waals surface area contributed by atoms with E-state index in [2.05, 4.69) is 30.5 Å². The highest BCUT2D eigenvalue weighted by Gasteiger charge is 2.16. The van der Waals surface area contributed by atoms with Crippen LogP contribution in [0.1, 0.15) is 5.69 Å². The second-order valence-corrected chi connectivity index (χ2v) is 5.33. The number of hydrogen-bond donors (Lipinski definition) is 0. The maximum Gasteiger partial charge on any atom is 0.250 e. The van der Waals surface area contributed by atoms with E-state index < -0.39 is 0 Å². The van der Waals surface area contributed by atoms with Crippen LogP contribution in [0.2, 0.25) is 0 Å². The smallest absolute Gasteiger partial charge is 0.250 e. The molecule has 2 aromatic heterocycles. The quantitative estimate of drug-likeness (QED) is 0.706. The van der Waals surface area contributed by atoms with E-state index >= 15 is 0 Å². The Labute approximate surface area is 120 Å². The van der Waals surface area contributed by atoms with Crippen molar-refractivity contribution < 1.29 is 8.81 Å². The molecule has 0 saturated carbocycles. The van der Waals surface area contributed by atoms with E-state index in [9.17, 15) is 4.39 Å². The molecule has 2 heterocycles. The number of aryl methyl sites for hydroxylation is 1. The zero-order chi connectivity index (χ0) is 13.4. The lowest BCUT2D eigenvalue weighted by molar-refractivity contribution is 0.581. The van der Waals surface area contributed by atoms with Crippen molar-refractivity contribution in [1.29, 1.82) is 0 Å². The van der Waals surface area contributed by atoms with Crippen LogP contribution < -0.4 is 0 Å². The summed E-state index contributed by atoms with van der Waals surface area (Å²) in [6.45, 7) is 1.87. The van der Waals surface area contributed by atoms with Gasteiger partial charge < -0.3 is 4.42 Å². The van der Waals surface area contributed by atoms with Crippen molar-refractivity contribution in [3.8, 4) is 22.9 Å². The normalized spacial score (nSPS) is 10.9. The monoisotopic (exact) mass is 339 g/mol. The molecule has 0 spiro atoms. The summed E-state index contributed by atoms with van der Waals surface area (Å²) in [5.74, 6) is 0.302. The molecule has 4 nitrogen and oxygen atoms in total. The van der Waals surface area contributed by atoms with E-state index in [1.807, 2.05) is 12.3 Å². The molecule has 3 aromatic rings. The van der Waals surface area contributed by atoms with Gasteiger partial charge in [0.1, 0.15) is 5.82 Å². The second-order valence-electron chi connectivity index (χ2n) is 3.85. The van der Waals surface area contributed by atoms with Crippen LogP contribution in [-0.4, -0.2) is 14.6 Å². The van der Waals surface area contributed by atoms with Crippen LogP contribution in [0.15, 0.2) is 32.5 Å². The minimum absolute atomic E-state index is 0.270. The number of halogens is 2. The van der Waals surface area contributed by atoms with Crippen LogP contribution in [-0.2, 0) is 0 Å². The van der Waals surface area contributed by atoms with Gasteiger partial charge in [-0.15, -0.1) is 10.2 Å². The second kappa shape index (κ2) is 4.82. The lowest BCUT2D eigenvalue weighted by atomic mass is 10.2. The van der Waals surface area contributed by atoms with Crippen LogP contribution in [0, 0.1) is 12.7 Å². The molecule has 0 amide bonds. The number of nitrogens with zero attached hydrogens (tertiary/aromatic N) is 3. The highest BCUT2D eigenvalue weighted by atomic mass is 79.9. The van der Waals surface area contributed by atoms with Gasteiger partial charge in [0.25, 0.3) is 5.89 Å². The van der Waals surface area contributed by atoms with Gasteiger partial charge in [0, 0.05) is 9.85 Å². The Bertz CT molecular complexity index is 740. The van der Waals surface area contributed by atoms with Crippen LogP contribution in [0.5, 0.6) is 0 Å². The van der Waals surface area contributed by atoms with Gasteiger partial charge in [0.15, 0.2) is 0 Å². The van der Waals surface area contributed by atoms with Crippen LogP contribution in [0.3, 0.4) is 0 Å². The van der Waals surface area contributed by atoms with Crippen molar-refractivity contribution in [2.24, 2.45) is 0 Å². The first-order chi connectivity index (χ1) is 9.15. The number of hydrogen-bond acceptors (Lipinski definition) is 5.